The fraction of sp³-hybridized carbons (Fsp3) is 0.143. The Labute approximate surface area is 197 Å². The normalized spacial score (nSPS) is 11.0. The maximum atomic E-state index is 13.2. The lowest BCUT2D eigenvalue weighted by molar-refractivity contribution is 0.563. The van der Waals surface area contributed by atoms with Crippen LogP contribution in [0.15, 0.2) is 94.1 Å². The zero-order valence-electron chi connectivity index (χ0n) is 19.1. The Morgan fingerprint density at radius 3 is 2.12 bits per heavy atom. The van der Waals surface area contributed by atoms with Crippen molar-refractivity contribution >= 4 is 16.7 Å². The summed E-state index contributed by atoms with van der Waals surface area (Å²) in [6.45, 7) is 5.95. The number of anilines is 1. The third-order valence-corrected chi connectivity index (χ3v) is 5.87. The highest BCUT2D eigenvalue weighted by Crippen LogP contribution is 2.31. The monoisotopic (exact) mass is 448 g/mol. The summed E-state index contributed by atoms with van der Waals surface area (Å²) in [5.41, 5.74) is 4.10. The molecule has 0 bridgehead atoms. The first kappa shape index (κ1) is 21.5. The Balaban J connectivity index is 1.71. The summed E-state index contributed by atoms with van der Waals surface area (Å²) >= 11 is 0. The summed E-state index contributed by atoms with van der Waals surface area (Å²) < 4.78 is 5.79. The summed E-state index contributed by atoms with van der Waals surface area (Å²) in [6, 6.07) is 27.0. The number of fused-ring (bicyclic) bond motifs is 1. The van der Waals surface area contributed by atoms with Gasteiger partial charge in [0, 0.05) is 41.4 Å². The molecule has 5 rings (SSSR count). The molecular weight excluding hydrogens is 424 g/mol. The molecule has 0 unspecified atom stereocenters. The van der Waals surface area contributed by atoms with E-state index < -0.39 is 5.63 Å². The van der Waals surface area contributed by atoms with Crippen LogP contribution in [0.5, 0.6) is 0 Å². The number of rotatable bonds is 6. The van der Waals surface area contributed by atoms with E-state index in [4.69, 9.17) is 9.40 Å². The van der Waals surface area contributed by atoms with Gasteiger partial charge < -0.3 is 9.32 Å². The lowest BCUT2D eigenvalue weighted by Crippen LogP contribution is -2.21. The zero-order chi connectivity index (χ0) is 23.5. The molecular formula is C28H24N4O2. The van der Waals surface area contributed by atoms with Crippen LogP contribution >= 0.6 is 0 Å². The number of hydrogen-bond acceptors (Lipinski definition) is 6. The molecule has 0 atom stereocenters. The highest BCUT2D eigenvalue weighted by atomic mass is 16.4. The maximum Gasteiger partial charge on any atom is 0.345 e. The van der Waals surface area contributed by atoms with Gasteiger partial charge in [-0.1, -0.05) is 60.7 Å². The van der Waals surface area contributed by atoms with Crippen LogP contribution in [0.1, 0.15) is 13.8 Å². The molecule has 0 aliphatic carbocycles. The van der Waals surface area contributed by atoms with E-state index >= 15 is 0 Å². The van der Waals surface area contributed by atoms with Crippen molar-refractivity contribution < 1.29 is 4.42 Å². The van der Waals surface area contributed by atoms with E-state index in [0.717, 1.165) is 35.3 Å². The van der Waals surface area contributed by atoms with Gasteiger partial charge in [0.15, 0.2) is 5.82 Å². The summed E-state index contributed by atoms with van der Waals surface area (Å²) in [6.07, 6.45) is 0. The molecule has 2 aromatic heterocycles. The van der Waals surface area contributed by atoms with Gasteiger partial charge in [-0.3, -0.25) is 0 Å². The van der Waals surface area contributed by atoms with Gasteiger partial charge >= 0.3 is 5.63 Å². The van der Waals surface area contributed by atoms with Crippen LogP contribution in [-0.4, -0.2) is 28.3 Å². The van der Waals surface area contributed by atoms with E-state index in [9.17, 15) is 4.79 Å². The largest absolute Gasteiger partial charge is 0.422 e. The summed E-state index contributed by atoms with van der Waals surface area (Å²) in [4.78, 5) is 20.2. The smallest absolute Gasteiger partial charge is 0.345 e. The number of benzene rings is 3. The average molecular weight is 449 g/mol. The van der Waals surface area contributed by atoms with Gasteiger partial charge in [0.2, 0.25) is 0 Å². The molecule has 0 spiro atoms. The third-order valence-electron chi connectivity index (χ3n) is 5.87. The standard InChI is InChI=1S/C28H24N4O2/c1-3-32(4-2)22-16-15-21-17-23(28(33)34-24(21)18-22)26-25(19-11-7-5-8-12-19)30-31-27(29-26)20-13-9-6-10-14-20/h5-18H,3-4H2,1-2H3. The highest BCUT2D eigenvalue weighted by Gasteiger charge is 2.19. The first-order chi connectivity index (χ1) is 16.7. The van der Waals surface area contributed by atoms with Crippen LogP contribution in [-0.2, 0) is 0 Å². The Hall–Kier alpha value is -4.32. The minimum absolute atomic E-state index is 0.356. The zero-order valence-corrected chi connectivity index (χ0v) is 19.1. The molecule has 2 heterocycles. The molecule has 168 valence electrons. The van der Waals surface area contributed by atoms with Gasteiger partial charge in [-0.25, -0.2) is 9.78 Å². The van der Waals surface area contributed by atoms with Crippen LogP contribution < -0.4 is 10.5 Å². The average Bonchev–Trinajstić information content (AvgIpc) is 2.89. The van der Waals surface area contributed by atoms with Crippen LogP contribution in [0.25, 0.3) is 44.9 Å². The summed E-state index contributed by atoms with van der Waals surface area (Å²) in [5.74, 6) is 0.451. The predicted octanol–water partition coefficient (Wildman–Crippen LogP) is 5.83. The van der Waals surface area contributed by atoms with Gasteiger partial charge in [-0.05, 0) is 32.0 Å². The molecule has 0 saturated heterocycles. The van der Waals surface area contributed by atoms with E-state index in [2.05, 4.69) is 28.9 Å². The molecule has 0 amide bonds. The third kappa shape index (κ3) is 4.06. The number of nitrogens with zero attached hydrogens (tertiary/aromatic N) is 4. The Morgan fingerprint density at radius 1 is 0.765 bits per heavy atom. The molecule has 34 heavy (non-hydrogen) atoms. The molecule has 5 aromatic rings. The van der Waals surface area contributed by atoms with E-state index in [1.807, 2.05) is 84.9 Å². The van der Waals surface area contributed by atoms with E-state index in [0.29, 0.717) is 28.4 Å². The molecule has 0 radical (unpaired) electrons. The minimum Gasteiger partial charge on any atom is -0.422 e. The van der Waals surface area contributed by atoms with Crippen molar-refractivity contribution in [1.29, 1.82) is 0 Å². The van der Waals surface area contributed by atoms with Gasteiger partial charge in [-0.15, -0.1) is 10.2 Å². The molecule has 6 heteroatoms. The van der Waals surface area contributed by atoms with E-state index in [1.54, 1.807) is 0 Å². The first-order valence-electron chi connectivity index (χ1n) is 11.4. The van der Waals surface area contributed by atoms with Crippen LogP contribution in [0.4, 0.5) is 5.69 Å². The molecule has 0 saturated carbocycles. The van der Waals surface area contributed by atoms with Gasteiger partial charge in [-0.2, -0.15) is 0 Å². The highest BCUT2D eigenvalue weighted by molar-refractivity contribution is 5.87. The molecule has 0 aliphatic heterocycles. The summed E-state index contributed by atoms with van der Waals surface area (Å²) in [5, 5.41) is 9.66. The number of hydrogen-bond donors (Lipinski definition) is 0. The van der Waals surface area contributed by atoms with Crippen molar-refractivity contribution in [2.45, 2.75) is 13.8 Å². The molecule has 0 N–H and O–H groups in total. The minimum atomic E-state index is -0.458. The van der Waals surface area contributed by atoms with Crippen molar-refractivity contribution in [1.82, 2.24) is 15.2 Å². The van der Waals surface area contributed by atoms with Crippen LogP contribution in [0, 0.1) is 0 Å². The van der Waals surface area contributed by atoms with Crippen molar-refractivity contribution in [2.24, 2.45) is 0 Å². The second-order valence-electron chi connectivity index (χ2n) is 7.91. The van der Waals surface area contributed by atoms with Gasteiger partial charge in [0.1, 0.15) is 17.0 Å². The topological polar surface area (TPSA) is 72.1 Å². The van der Waals surface area contributed by atoms with Crippen molar-refractivity contribution in [3.8, 4) is 33.9 Å². The van der Waals surface area contributed by atoms with Crippen LogP contribution in [0.3, 0.4) is 0 Å². The predicted molar refractivity (Wildman–Crippen MR) is 136 cm³/mol. The van der Waals surface area contributed by atoms with E-state index in [1.165, 1.54) is 0 Å². The molecule has 0 aliphatic rings. The SMILES string of the molecule is CCN(CC)c1ccc2cc(-c3nc(-c4ccccc4)nnc3-c3ccccc3)c(=O)oc2c1. The lowest BCUT2D eigenvalue weighted by Gasteiger charge is -2.21. The molecule has 6 nitrogen and oxygen atoms in total. The van der Waals surface area contributed by atoms with Crippen LogP contribution in [0.2, 0.25) is 0 Å². The van der Waals surface area contributed by atoms with Crippen molar-refractivity contribution in [3.63, 3.8) is 0 Å². The Kier molecular flexibility index (Phi) is 5.87. The Morgan fingerprint density at radius 2 is 1.44 bits per heavy atom. The summed E-state index contributed by atoms with van der Waals surface area (Å²) in [7, 11) is 0. The molecule has 0 fully saturated rings. The van der Waals surface area contributed by atoms with E-state index in [-0.39, 0.29) is 0 Å². The molecule has 3 aromatic carbocycles. The van der Waals surface area contributed by atoms with Gasteiger partial charge in [0.25, 0.3) is 0 Å². The van der Waals surface area contributed by atoms with Crippen molar-refractivity contribution in [3.05, 3.63) is 95.3 Å². The second-order valence-corrected chi connectivity index (χ2v) is 7.91. The number of aromatic nitrogens is 3. The Bertz CT molecular complexity index is 1490. The fourth-order valence-electron chi connectivity index (χ4n) is 4.06. The first-order valence-corrected chi connectivity index (χ1v) is 11.4. The van der Waals surface area contributed by atoms with Crippen molar-refractivity contribution in [2.75, 3.05) is 18.0 Å². The second kappa shape index (κ2) is 9.27. The van der Waals surface area contributed by atoms with Gasteiger partial charge in [0.05, 0.1) is 5.56 Å². The maximum absolute atomic E-state index is 13.2. The quantitative estimate of drug-likeness (QED) is 0.305. The lowest BCUT2D eigenvalue weighted by atomic mass is 10.0. The fourth-order valence-corrected chi connectivity index (χ4v) is 4.06.